The Morgan fingerprint density at radius 1 is 1.12 bits per heavy atom. The molecule has 2 rings (SSSR count). The Labute approximate surface area is 141 Å². The fourth-order valence-electron chi connectivity index (χ4n) is 2.38. The summed E-state index contributed by atoms with van der Waals surface area (Å²) in [6.45, 7) is 0. The van der Waals surface area contributed by atoms with E-state index in [1.165, 1.54) is 26.3 Å². The van der Waals surface area contributed by atoms with Crippen LogP contribution in [0, 0.1) is 0 Å². The molecule has 2 aromatic rings. The number of benzene rings is 2. The monoisotopic (exact) mass is 349 g/mol. The van der Waals surface area contributed by atoms with Crippen LogP contribution in [0.2, 0.25) is 0 Å². The van der Waals surface area contributed by atoms with Gasteiger partial charge in [0, 0.05) is 13.5 Å². The molecule has 0 saturated carbocycles. The van der Waals surface area contributed by atoms with Crippen LogP contribution in [0.5, 0.6) is 5.75 Å². The van der Waals surface area contributed by atoms with Crippen molar-refractivity contribution in [2.45, 2.75) is 17.4 Å². The normalized spacial score (nSPS) is 12.8. The predicted octanol–water partition coefficient (Wildman–Crippen LogP) is 2.01. The fraction of sp³-hybridized carbons (Fsp3) is 0.235. The van der Waals surface area contributed by atoms with Crippen molar-refractivity contribution in [3.63, 3.8) is 0 Å². The van der Waals surface area contributed by atoms with E-state index in [1.807, 2.05) is 0 Å². The highest BCUT2D eigenvalue weighted by Gasteiger charge is 2.33. The van der Waals surface area contributed by atoms with Crippen molar-refractivity contribution in [2.75, 3.05) is 14.2 Å². The minimum Gasteiger partial charge on any atom is -0.496 e. The van der Waals surface area contributed by atoms with Gasteiger partial charge < -0.3 is 9.84 Å². The SMILES string of the molecule is COc1ccccc1CC(C(=O)O)N(C)S(=O)(=O)c1ccccc1. The second-order valence-corrected chi connectivity index (χ2v) is 7.20. The largest absolute Gasteiger partial charge is 0.496 e. The van der Waals surface area contributed by atoms with Gasteiger partial charge in [-0.1, -0.05) is 36.4 Å². The number of methoxy groups -OCH3 is 1. The number of nitrogens with zero attached hydrogens (tertiary/aromatic N) is 1. The van der Waals surface area contributed by atoms with Crippen molar-refractivity contribution in [3.05, 3.63) is 60.2 Å². The highest BCUT2D eigenvalue weighted by Crippen LogP contribution is 2.23. The molecule has 0 bridgehead atoms. The van der Waals surface area contributed by atoms with E-state index in [0.717, 1.165) is 4.31 Å². The van der Waals surface area contributed by atoms with Gasteiger partial charge in [-0.2, -0.15) is 4.31 Å². The summed E-state index contributed by atoms with van der Waals surface area (Å²) in [7, 11) is -1.15. The molecule has 0 saturated heterocycles. The van der Waals surface area contributed by atoms with Crippen molar-refractivity contribution in [1.82, 2.24) is 4.31 Å². The predicted molar refractivity (Wildman–Crippen MR) is 89.5 cm³/mol. The molecule has 6 nitrogen and oxygen atoms in total. The highest BCUT2D eigenvalue weighted by molar-refractivity contribution is 7.89. The van der Waals surface area contributed by atoms with E-state index in [-0.39, 0.29) is 11.3 Å². The van der Waals surface area contributed by atoms with Crippen LogP contribution in [-0.4, -0.2) is 44.0 Å². The second kappa shape index (κ2) is 7.46. The summed E-state index contributed by atoms with van der Waals surface area (Å²) in [4.78, 5) is 11.7. The van der Waals surface area contributed by atoms with Crippen LogP contribution in [0.1, 0.15) is 5.56 Å². The molecular weight excluding hydrogens is 330 g/mol. The smallest absolute Gasteiger partial charge is 0.322 e. The first-order valence-electron chi connectivity index (χ1n) is 7.25. The first kappa shape index (κ1) is 18.0. The number of aliphatic carboxylic acids is 1. The first-order valence-corrected chi connectivity index (χ1v) is 8.69. The van der Waals surface area contributed by atoms with Gasteiger partial charge in [-0.25, -0.2) is 8.42 Å². The van der Waals surface area contributed by atoms with Crippen molar-refractivity contribution < 1.29 is 23.1 Å². The van der Waals surface area contributed by atoms with Gasteiger partial charge in [-0.15, -0.1) is 0 Å². The molecule has 0 aliphatic rings. The van der Waals surface area contributed by atoms with E-state index < -0.39 is 22.0 Å². The van der Waals surface area contributed by atoms with Crippen molar-refractivity contribution in [2.24, 2.45) is 0 Å². The summed E-state index contributed by atoms with van der Waals surface area (Å²) >= 11 is 0. The van der Waals surface area contributed by atoms with Gasteiger partial charge in [0.05, 0.1) is 12.0 Å². The molecule has 0 heterocycles. The molecule has 0 amide bonds. The molecule has 0 aliphatic carbocycles. The lowest BCUT2D eigenvalue weighted by atomic mass is 10.1. The summed E-state index contributed by atoms with van der Waals surface area (Å²) in [6.07, 6.45) is 0.00190. The van der Waals surface area contributed by atoms with Crippen LogP contribution in [-0.2, 0) is 21.2 Å². The summed E-state index contributed by atoms with van der Waals surface area (Å²) in [5, 5.41) is 9.53. The second-order valence-electron chi connectivity index (χ2n) is 5.20. The lowest BCUT2D eigenvalue weighted by molar-refractivity contribution is -0.141. The van der Waals surface area contributed by atoms with Crippen LogP contribution in [0.4, 0.5) is 0 Å². The number of carboxylic acids is 1. The number of carbonyl (C=O) groups is 1. The van der Waals surface area contributed by atoms with Crippen molar-refractivity contribution >= 4 is 16.0 Å². The lowest BCUT2D eigenvalue weighted by Crippen LogP contribution is -2.43. The van der Waals surface area contributed by atoms with Crippen LogP contribution in [0.15, 0.2) is 59.5 Å². The zero-order chi connectivity index (χ0) is 17.7. The Kier molecular flexibility index (Phi) is 5.58. The topological polar surface area (TPSA) is 83.9 Å². The zero-order valence-corrected chi connectivity index (χ0v) is 14.2. The molecule has 1 N–H and O–H groups in total. The quantitative estimate of drug-likeness (QED) is 0.827. The standard InChI is InChI=1S/C17H19NO5S/c1-18(24(21,22)14-9-4-3-5-10-14)15(17(19)20)12-13-8-6-7-11-16(13)23-2/h3-11,15H,12H2,1-2H3,(H,19,20). The van der Waals surface area contributed by atoms with Gasteiger partial charge in [0.1, 0.15) is 11.8 Å². The molecule has 128 valence electrons. The van der Waals surface area contributed by atoms with Gasteiger partial charge in [-0.05, 0) is 23.8 Å². The molecule has 0 fully saturated rings. The molecule has 7 heteroatoms. The summed E-state index contributed by atoms with van der Waals surface area (Å²) in [5.74, 6) is -0.697. The van der Waals surface area contributed by atoms with Crippen molar-refractivity contribution in [1.29, 1.82) is 0 Å². The van der Waals surface area contributed by atoms with E-state index in [2.05, 4.69) is 0 Å². The minimum atomic E-state index is -3.91. The Bertz CT molecular complexity index is 805. The molecule has 24 heavy (non-hydrogen) atoms. The maximum absolute atomic E-state index is 12.7. The Hall–Kier alpha value is -2.38. The van der Waals surface area contributed by atoms with Crippen LogP contribution in [0.25, 0.3) is 0 Å². The molecule has 0 aromatic heterocycles. The summed E-state index contributed by atoms with van der Waals surface area (Å²) in [5.41, 5.74) is 0.627. The number of carboxylic acid groups (broad SMARTS) is 1. The molecule has 1 unspecified atom stereocenters. The number of sulfonamides is 1. The van der Waals surface area contributed by atoms with E-state index >= 15 is 0 Å². The van der Waals surface area contributed by atoms with Gasteiger partial charge in [0.2, 0.25) is 10.0 Å². The molecular formula is C17H19NO5S. The van der Waals surface area contributed by atoms with Gasteiger partial charge in [0.25, 0.3) is 0 Å². The number of hydrogen-bond donors (Lipinski definition) is 1. The van der Waals surface area contributed by atoms with Crippen LogP contribution >= 0.6 is 0 Å². The summed E-state index contributed by atoms with van der Waals surface area (Å²) < 4.78 is 31.4. The number of ether oxygens (including phenoxy) is 1. The number of likely N-dealkylation sites (N-methyl/N-ethyl adjacent to an activating group) is 1. The summed E-state index contributed by atoms with van der Waals surface area (Å²) in [6, 6.07) is 13.5. The van der Waals surface area contributed by atoms with E-state index in [9.17, 15) is 18.3 Å². The van der Waals surface area contributed by atoms with Gasteiger partial charge in [0.15, 0.2) is 0 Å². The number of rotatable bonds is 7. The van der Waals surface area contributed by atoms with E-state index in [0.29, 0.717) is 11.3 Å². The average molecular weight is 349 g/mol. The van der Waals surface area contributed by atoms with Gasteiger partial charge >= 0.3 is 5.97 Å². The van der Waals surface area contributed by atoms with Crippen LogP contribution < -0.4 is 4.74 Å². The minimum absolute atomic E-state index is 0.00190. The van der Waals surface area contributed by atoms with Crippen LogP contribution in [0.3, 0.4) is 0 Å². The van der Waals surface area contributed by atoms with Gasteiger partial charge in [-0.3, -0.25) is 4.79 Å². The molecule has 2 aromatic carbocycles. The number of hydrogen-bond acceptors (Lipinski definition) is 4. The first-order chi connectivity index (χ1) is 11.4. The van der Waals surface area contributed by atoms with E-state index in [1.54, 1.807) is 42.5 Å². The Balaban J connectivity index is 2.35. The number of para-hydroxylation sites is 1. The Morgan fingerprint density at radius 3 is 2.29 bits per heavy atom. The Morgan fingerprint density at radius 2 is 1.71 bits per heavy atom. The molecule has 0 spiro atoms. The third-order valence-corrected chi connectivity index (χ3v) is 5.63. The third-order valence-electron chi connectivity index (χ3n) is 3.75. The van der Waals surface area contributed by atoms with Crippen molar-refractivity contribution in [3.8, 4) is 5.75 Å². The van der Waals surface area contributed by atoms with E-state index in [4.69, 9.17) is 4.74 Å². The lowest BCUT2D eigenvalue weighted by Gasteiger charge is -2.25. The zero-order valence-electron chi connectivity index (χ0n) is 13.4. The maximum Gasteiger partial charge on any atom is 0.322 e. The highest BCUT2D eigenvalue weighted by atomic mass is 32.2. The molecule has 1 atom stereocenters. The average Bonchev–Trinajstić information content (AvgIpc) is 2.59. The fourth-order valence-corrected chi connectivity index (χ4v) is 3.71. The molecule has 0 radical (unpaired) electrons. The third kappa shape index (κ3) is 3.74. The maximum atomic E-state index is 12.7. The molecule has 0 aliphatic heterocycles.